The molecule has 7 heteroatoms. The maximum absolute atomic E-state index is 9.82. The Balaban J connectivity index is 1.64. The van der Waals surface area contributed by atoms with E-state index in [0.717, 1.165) is 53.8 Å². The van der Waals surface area contributed by atoms with Crippen LogP contribution in [0.3, 0.4) is 0 Å². The minimum Gasteiger partial charge on any atom is -0.390 e. The molecule has 2 heterocycles. The summed E-state index contributed by atoms with van der Waals surface area (Å²) in [5, 5.41) is 28.7. The van der Waals surface area contributed by atoms with Crippen molar-refractivity contribution in [2.75, 3.05) is 0 Å². The Morgan fingerprint density at radius 3 is 2.40 bits per heavy atom. The first-order chi connectivity index (χ1) is 14.7. The molecule has 0 fully saturated rings. The number of rotatable bonds is 8. The fraction of sp³-hybridized carbons (Fsp3) is 0.304. The number of benzene rings is 2. The molecule has 0 atom stereocenters. The number of hydrogen-bond acceptors (Lipinski definition) is 5. The molecule has 7 nitrogen and oxygen atoms in total. The summed E-state index contributed by atoms with van der Waals surface area (Å²) in [6.45, 7) is 5.05. The third-order valence-corrected chi connectivity index (χ3v) is 5.36. The molecule has 0 aliphatic heterocycles. The van der Waals surface area contributed by atoms with Crippen molar-refractivity contribution in [1.82, 2.24) is 30.4 Å². The third kappa shape index (κ3) is 3.89. The zero-order chi connectivity index (χ0) is 20.9. The van der Waals surface area contributed by atoms with E-state index < -0.39 is 0 Å². The van der Waals surface area contributed by atoms with Crippen LogP contribution in [0.1, 0.15) is 42.8 Å². The van der Waals surface area contributed by atoms with Crippen LogP contribution in [0.4, 0.5) is 0 Å². The zero-order valence-electron chi connectivity index (χ0n) is 17.3. The second-order valence-corrected chi connectivity index (χ2v) is 7.26. The van der Waals surface area contributed by atoms with Gasteiger partial charge in [0, 0.05) is 29.8 Å². The van der Waals surface area contributed by atoms with Crippen LogP contribution in [0.15, 0.2) is 48.5 Å². The predicted molar refractivity (Wildman–Crippen MR) is 116 cm³/mol. The summed E-state index contributed by atoms with van der Waals surface area (Å²) < 4.78 is 2.03. The summed E-state index contributed by atoms with van der Waals surface area (Å²) in [6, 6.07) is 16.6. The second-order valence-electron chi connectivity index (χ2n) is 7.26. The van der Waals surface area contributed by atoms with E-state index in [1.807, 2.05) is 22.9 Å². The van der Waals surface area contributed by atoms with Crippen molar-refractivity contribution in [2.24, 2.45) is 0 Å². The number of aromatic nitrogens is 6. The molecule has 154 valence electrons. The van der Waals surface area contributed by atoms with E-state index in [0.29, 0.717) is 5.82 Å². The first kappa shape index (κ1) is 20.0. The van der Waals surface area contributed by atoms with Crippen LogP contribution in [0, 0.1) is 0 Å². The molecule has 4 rings (SSSR count). The van der Waals surface area contributed by atoms with E-state index in [1.54, 1.807) is 0 Å². The van der Waals surface area contributed by atoms with E-state index >= 15 is 0 Å². The van der Waals surface area contributed by atoms with Crippen molar-refractivity contribution in [2.45, 2.75) is 46.3 Å². The number of aryl methyl sites for hydroxylation is 1. The van der Waals surface area contributed by atoms with E-state index in [1.165, 1.54) is 11.3 Å². The number of nitrogens with one attached hydrogen (secondary N) is 1. The number of aromatic amines is 1. The summed E-state index contributed by atoms with van der Waals surface area (Å²) in [5.41, 5.74) is 7.51. The Bertz CT molecular complexity index is 1100. The van der Waals surface area contributed by atoms with Gasteiger partial charge in [0.05, 0.1) is 12.3 Å². The predicted octanol–water partition coefficient (Wildman–Crippen LogP) is 3.79. The number of hydrogen-bond donors (Lipinski definition) is 2. The van der Waals surface area contributed by atoms with Gasteiger partial charge in [-0.3, -0.25) is 4.68 Å². The smallest absolute Gasteiger partial charge is 0.180 e. The van der Waals surface area contributed by atoms with Crippen LogP contribution >= 0.6 is 0 Å². The van der Waals surface area contributed by atoms with Crippen molar-refractivity contribution < 1.29 is 5.11 Å². The van der Waals surface area contributed by atoms with Gasteiger partial charge in [0.1, 0.15) is 0 Å². The molecule has 2 N–H and O–H groups in total. The highest BCUT2D eigenvalue weighted by molar-refractivity contribution is 5.80. The Morgan fingerprint density at radius 1 is 1.00 bits per heavy atom. The monoisotopic (exact) mass is 402 g/mol. The fourth-order valence-corrected chi connectivity index (χ4v) is 3.92. The normalized spacial score (nSPS) is 11.2. The Kier molecular flexibility index (Phi) is 5.99. The van der Waals surface area contributed by atoms with Gasteiger partial charge in [-0.2, -0.15) is 5.10 Å². The molecule has 0 saturated carbocycles. The van der Waals surface area contributed by atoms with Gasteiger partial charge < -0.3 is 5.11 Å². The zero-order valence-corrected chi connectivity index (χ0v) is 17.3. The van der Waals surface area contributed by atoms with E-state index in [9.17, 15) is 5.11 Å². The molecular weight excluding hydrogens is 376 g/mol. The van der Waals surface area contributed by atoms with E-state index in [4.69, 9.17) is 0 Å². The molecule has 30 heavy (non-hydrogen) atoms. The van der Waals surface area contributed by atoms with E-state index in [-0.39, 0.29) is 6.61 Å². The van der Waals surface area contributed by atoms with Gasteiger partial charge in [-0.15, -0.1) is 5.10 Å². The van der Waals surface area contributed by atoms with Gasteiger partial charge in [0.2, 0.25) is 0 Å². The van der Waals surface area contributed by atoms with Gasteiger partial charge in [-0.25, -0.2) is 5.10 Å². The standard InChI is InChI=1S/C23H26N6O/c1-3-7-22-20(21(15-30)26-29(22)4-2)14-16-10-12-17(13-11-16)18-8-5-6-9-19(18)23-24-27-28-25-23/h5-6,8-13,30H,3-4,7,14-15H2,1-2H3,(H,24,25,27,28). The molecule has 0 amide bonds. The first-order valence-corrected chi connectivity index (χ1v) is 10.4. The van der Waals surface area contributed by atoms with E-state index in [2.05, 4.69) is 69.9 Å². The summed E-state index contributed by atoms with van der Waals surface area (Å²) in [7, 11) is 0. The molecule has 4 aromatic rings. The van der Waals surface area contributed by atoms with Crippen molar-refractivity contribution >= 4 is 0 Å². The van der Waals surface area contributed by atoms with Gasteiger partial charge >= 0.3 is 0 Å². The van der Waals surface area contributed by atoms with Gasteiger partial charge in [0.15, 0.2) is 5.82 Å². The Labute approximate surface area is 175 Å². The lowest BCUT2D eigenvalue weighted by Gasteiger charge is -2.10. The van der Waals surface area contributed by atoms with Gasteiger partial charge in [-0.05, 0) is 40.5 Å². The van der Waals surface area contributed by atoms with Crippen LogP contribution in [0.25, 0.3) is 22.5 Å². The van der Waals surface area contributed by atoms with Gasteiger partial charge in [0.25, 0.3) is 0 Å². The third-order valence-electron chi connectivity index (χ3n) is 5.36. The topological polar surface area (TPSA) is 92.5 Å². The molecule has 2 aromatic heterocycles. The summed E-state index contributed by atoms with van der Waals surface area (Å²) >= 11 is 0. The van der Waals surface area contributed by atoms with Crippen molar-refractivity contribution in [3.05, 3.63) is 71.0 Å². The highest BCUT2D eigenvalue weighted by Gasteiger charge is 2.17. The fourth-order valence-electron chi connectivity index (χ4n) is 3.92. The summed E-state index contributed by atoms with van der Waals surface area (Å²) in [6.07, 6.45) is 2.78. The minimum absolute atomic E-state index is 0.0320. The molecule has 0 spiro atoms. The molecule has 0 bridgehead atoms. The average Bonchev–Trinajstić information content (AvgIpc) is 3.43. The van der Waals surface area contributed by atoms with Crippen LogP contribution in [-0.2, 0) is 26.0 Å². The number of H-pyrrole nitrogens is 1. The molecule has 0 saturated heterocycles. The van der Waals surface area contributed by atoms with Crippen LogP contribution in [0.5, 0.6) is 0 Å². The van der Waals surface area contributed by atoms with Crippen LogP contribution in [-0.4, -0.2) is 35.5 Å². The lowest BCUT2D eigenvalue weighted by molar-refractivity contribution is 0.274. The quantitative estimate of drug-likeness (QED) is 0.468. The lowest BCUT2D eigenvalue weighted by atomic mass is 9.96. The highest BCUT2D eigenvalue weighted by Crippen LogP contribution is 2.30. The largest absolute Gasteiger partial charge is 0.390 e. The van der Waals surface area contributed by atoms with Gasteiger partial charge in [-0.1, -0.05) is 61.9 Å². The molecule has 0 aliphatic carbocycles. The van der Waals surface area contributed by atoms with Crippen LogP contribution in [0.2, 0.25) is 0 Å². The van der Waals surface area contributed by atoms with Crippen LogP contribution < -0.4 is 0 Å². The van der Waals surface area contributed by atoms with Crippen molar-refractivity contribution in [3.63, 3.8) is 0 Å². The molecule has 0 unspecified atom stereocenters. The lowest BCUT2D eigenvalue weighted by Crippen LogP contribution is -2.04. The Morgan fingerprint density at radius 2 is 1.77 bits per heavy atom. The maximum Gasteiger partial charge on any atom is 0.180 e. The molecule has 0 radical (unpaired) electrons. The minimum atomic E-state index is -0.0320. The number of aliphatic hydroxyl groups excluding tert-OH is 1. The SMILES string of the molecule is CCCc1c(Cc2ccc(-c3ccccc3-c3nnn[nH]3)cc2)c(CO)nn1CC. The second kappa shape index (κ2) is 9.00. The molecular formula is C23H26N6O. The maximum atomic E-state index is 9.82. The highest BCUT2D eigenvalue weighted by atomic mass is 16.3. The number of nitrogens with zero attached hydrogens (tertiary/aromatic N) is 5. The molecule has 2 aromatic carbocycles. The number of tetrazole rings is 1. The van der Waals surface area contributed by atoms with Crippen molar-refractivity contribution in [1.29, 1.82) is 0 Å². The summed E-state index contributed by atoms with van der Waals surface area (Å²) in [4.78, 5) is 0. The summed E-state index contributed by atoms with van der Waals surface area (Å²) in [5.74, 6) is 0.651. The number of aliphatic hydroxyl groups is 1. The van der Waals surface area contributed by atoms with Crippen molar-refractivity contribution in [3.8, 4) is 22.5 Å². The first-order valence-electron chi connectivity index (χ1n) is 10.4. The average molecular weight is 403 g/mol. The Hall–Kier alpha value is -3.32. The molecule has 0 aliphatic rings.